The molecule has 1 unspecified atom stereocenters. The van der Waals surface area contributed by atoms with Crippen LogP contribution in [-0.4, -0.2) is 6.04 Å². The van der Waals surface area contributed by atoms with Crippen molar-refractivity contribution in [2.75, 3.05) is 5.32 Å². The van der Waals surface area contributed by atoms with Gasteiger partial charge in [-0.3, -0.25) is 0 Å². The van der Waals surface area contributed by atoms with Gasteiger partial charge in [-0.05, 0) is 43.9 Å². The Morgan fingerprint density at radius 3 is 2.87 bits per heavy atom. The molecule has 1 aromatic rings. The predicted molar refractivity (Wildman–Crippen MR) is 69.3 cm³/mol. The zero-order valence-electron chi connectivity index (χ0n) is 9.39. The van der Waals surface area contributed by atoms with Gasteiger partial charge in [0.05, 0.1) is 0 Å². The van der Waals surface area contributed by atoms with E-state index in [0.717, 1.165) is 5.92 Å². The van der Waals surface area contributed by atoms with Crippen LogP contribution in [0.1, 0.15) is 31.7 Å². The Kier molecular flexibility index (Phi) is 3.35. The average Bonchev–Trinajstić information content (AvgIpc) is 2.97. The van der Waals surface area contributed by atoms with Crippen molar-refractivity contribution in [3.05, 3.63) is 28.2 Å². The summed E-state index contributed by atoms with van der Waals surface area (Å²) in [6.07, 6.45) is 4.18. The molecular formula is C13H18BrN. The number of nitrogens with one attached hydrogen (secondary N) is 1. The number of rotatable bonds is 4. The molecule has 1 aliphatic carbocycles. The molecule has 1 fully saturated rings. The van der Waals surface area contributed by atoms with Crippen LogP contribution in [0.25, 0.3) is 0 Å². The fraction of sp³-hybridized carbons (Fsp3) is 0.538. The molecule has 2 rings (SSSR count). The van der Waals surface area contributed by atoms with Gasteiger partial charge in [0.2, 0.25) is 0 Å². The van der Waals surface area contributed by atoms with E-state index in [4.69, 9.17) is 0 Å². The van der Waals surface area contributed by atoms with Crippen molar-refractivity contribution in [3.8, 4) is 0 Å². The molecule has 0 heterocycles. The van der Waals surface area contributed by atoms with Gasteiger partial charge >= 0.3 is 0 Å². The second-order valence-corrected chi connectivity index (χ2v) is 5.49. The highest BCUT2D eigenvalue weighted by molar-refractivity contribution is 9.10. The lowest BCUT2D eigenvalue weighted by molar-refractivity contribution is 0.642. The van der Waals surface area contributed by atoms with Crippen molar-refractivity contribution >= 4 is 21.6 Å². The fourth-order valence-corrected chi connectivity index (χ4v) is 2.31. The third kappa shape index (κ3) is 2.97. The third-order valence-electron chi connectivity index (χ3n) is 3.05. The molecular weight excluding hydrogens is 250 g/mol. The zero-order chi connectivity index (χ0) is 10.8. The van der Waals surface area contributed by atoms with Gasteiger partial charge in [-0.2, -0.15) is 0 Å². The molecule has 0 saturated heterocycles. The Balaban J connectivity index is 1.99. The SMILES string of the molecule is Cc1c(Br)cccc1NC(C)CC1CC1. The largest absolute Gasteiger partial charge is 0.382 e. The Morgan fingerprint density at radius 1 is 1.47 bits per heavy atom. The van der Waals surface area contributed by atoms with E-state index in [0.29, 0.717) is 6.04 Å². The first-order chi connectivity index (χ1) is 7.16. The molecule has 1 aromatic carbocycles. The van der Waals surface area contributed by atoms with Crippen LogP contribution in [0.5, 0.6) is 0 Å². The van der Waals surface area contributed by atoms with Crippen molar-refractivity contribution < 1.29 is 0 Å². The molecule has 0 aromatic heterocycles. The van der Waals surface area contributed by atoms with Gasteiger partial charge in [-0.15, -0.1) is 0 Å². The maximum atomic E-state index is 3.59. The summed E-state index contributed by atoms with van der Waals surface area (Å²) in [6.45, 7) is 4.43. The number of halogens is 1. The molecule has 15 heavy (non-hydrogen) atoms. The van der Waals surface area contributed by atoms with Gasteiger partial charge < -0.3 is 5.32 Å². The number of benzene rings is 1. The van der Waals surface area contributed by atoms with E-state index in [1.54, 1.807) is 0 Å². The van der Waals surface area contributed by atoms with Crippen LogP contribution in [0.3, 0.4) is 0 Å². The monoisotopic (exact) mass is 267 g/mol. The van der Waals surface area contributed by atoms with Gasteiger partial charge in [0, 0.05) is 16.2 Å². The van der Waals surface area contributed by atoms with Gasteiger partial charge in [0.15, 0.2) is 0 Å². The van der Waals surface area contributed by atoms with Gasteiger partial charge in [0.25, 0.3) is 0 Å². The molecule has 0 spiro atoms. The summed E-state index contributed by atoms with van der Waals surface area (Å²) in [5.74, 6) is 0.986. The minimum Gasteiger partial charge on any atom is -0.382 e. The smallest absolute Gasteiger partial charge is 0.0383 e. The van der Waals surface area contributed by atoms with E-state index in [9.17, 15) is 0 Å². The molecule has 1 aliphatic rings. The molecule has 82 valence electrons. The van der Waals surface area contributed by atoms with Crippen molar-refractivity contribution in [2.45, 2.75) is 39.2 Å². The van der Waals surface area contributed by atoms with E-state index < -0.39 is 0 Å². The van der Waals surface area contributed by atoms with E-state index >= 15 is 0 Å². The van der Waals surface area contributed by atoms with E-state index in [2.05, 4.69) is 53.3 Å². The summed E-state index contributed by atoms with van der Waals surface area (Å²) in [5, 5.41) is 3.59. The van der Waals surface area contributed by atoms with Crippen LogP contribution in [0, 0.1) is 12.8 Å². The fourth-order valence-electron chi connectivity index (χ4n) is 1.94. The summed E-state index contributed by atoms with van der Waals surface area (Å²) in [4.78, 5) is 0. The number of anilines is 1. The summed E-state index contributed by atoms with van der Waals surface area (Å²) < 4.78 is 1.19. The van der Waals surface area contributed by atoms with E-state index in [1.807, 2.05) is 0 Å². The number of hydrogen-bond donors (Lipinski definition) is 1. The summed E-state index contributed by atoms with van der Waals surface area (Å²) in [7, 11) is 0. The molecule has 1 saturated carbocycles. The maximum Gasteiger partial charge on any atom is 0.0383 e. The van der Waals surface area contributed by atoms with Crippen LogP contribution < -0.4 is 5.32 Å². The zero-order valence-corrected chi connectivity index (χ0v) is 11.0. The van der Waals surface area contributed by atoms with Crippen molar-refractivity contribution in [3.63, 3.8) is 0 Å². The molecule has 0 radical (unpaired) electrons. The summed E-state index contributed by atoms with van der Waals surface area (Å²) in [6, 6.07) is 6.92. The Labute approximate surface area is 100 Å². The summed E-state index contributed by atoms with van der Waals surface area (Å²) in [5.41, 5.74) is 2.57. The molecule has 1 nitrogen and oxygen atoms in total. The van der Waals surface area contributed by atoms with Crippen LogP contribution in [0.4, 0.5) is 5.69 Å². The minimum absolute atomic E-state index is 0.588. The van der Waals surface area contributed by atoms with Crippen LogP contribution in [0.2, 0.25) is 0 Å². The predicted octanol–water partition coefficient (Wildman–Crippen LogP) is 4.36. The van der Waals surface area contributed by atoms with Gasteiger partial charge in [-0.25, -0.2) is 0 Å². The Morgan fingerprint density at radius 2 is 2.20 bits per heavy atom. The molecule has 0 bridgehead atoms. The quantitative estimate of drug-likeness (QED) is 0.855. The second-order valence-electron chi connectivity index (χ2n) is 4.64. The van der Waals surface area contributed by atoms with E-state index in [1.165, 1.54) is 35.0 Å². The first-order valence-corrected chi connectivity index (χ1v) is 6.48. The van der Waals surface area contributed by atoms with Crippen LogP contribution >= 0.6 is 15.9 Å². The van der Waals surface area contributed by atoms with Crippen LogP contribution in [0.15, 0.2) is 22.7 Å². The van der Waals surface area contributed by atoms with Gasteiger partial charge in [0.1, 0.15) is 0 Å². The molecule has 2 heteroatoms. The summed E-state index contributed by atoms with van der Waals surface area (Å²) >= 11 is 3.56. The van der Waals surface area contributed by atoms with Crippen LogP contribution in [-0.2, 0) is 0 Å². The minimum atomic E-state index is 0.588. The first-order valence-electron chi connectivity index (χ1n) is 5.68. The highest BCUT2D eigenvalue weighted by Crippen LogP contribution is 2.34. The third-order valence-corrected chi connectivity index (χ3v) is 3.91. The Hall–Kier alpha value is -0.500. The van der Waals surface area contributed by atoms with Crippen molar-refractivity contribution in [1.29, 1.82) is 0 Å². The first kappa shape index (κ1) is 11.0. The molecule has 0 amide bonds. The highest BCUT2D eigenvalue weighted by Gasteiger charge is 2.23. The van der Waals surface area contributed by atoms with Gasteiger partial charge in [-0.1, -0.05) is 34.8 Å². The topological polar surface area (TPSA) is 12.0 Å². The lowest BCUT2D eigenvalue weighted by Gasteiger charge is -2.17. The van der Waals surface area contributed by atoms with Crippen molar-refractivity contribution in [2.24, 2.45) is 5.92 Å². The molecule has 1 atom stereocenters. The lowest BCUT2D eigenvalue weighted by Crippen LogP contribution is -2.16. The lowest BCUT2D eigenvalue weighted by atomic mass is 10.1. The Bertz CT molecular complexity index is 344. The number of hydrogen-bond acceptors (Lipinski definition) is 1. The molecule has 0 aliphatic heterocycles. The molecule has 1 N–H and O–H groups in total. The standard InChI is InChI=1S/C13H18BrN/c1-9(8-11-6-7-11)15-13-5-3-4-12(14)10(13)2/h3-5,9,11,15H,6-8H2,1-2H3. The maximum absolute atomic E-state index is 3.59. The second kappa shape index (κ2) is 4.56. The average molecular weight is 268 g/mol. The van der Waals surface area contributed by atoms with Crippen molar-refractivity contribution in [1.82, 2.24) is 0 Å². The normalized spacial score (nSPS) is 17.5. The highest BCUT2D eigenvalue weighted by atomic mass is 79.9. The van der Waals surface area contributed by atoms with E-state index in [-0.39, 0.29) is 0 Å².